The first-order valence-electron chi connectivity index (χ1n) is 7.79. The largest absolute Gasteiger partial charge is 0.484 e. The van der Waals surface area contributed by atoms with Crippen molar-refractivity contribution in [3.63, 3.8) is 0 Å². The van der Waals surface area contributed by atoms with Gasteiger partial charge in [-0.25, -0.2) is 0 Å². The minimum absolute atomic E-state index is 0.0491. The molecule has 3 rings (SSSR count). The lowest BCUT2D eigenvalue weighted by Crippen LogP contribution is -2.45. The summed E-state index contributed by atoms with van der Waals surface area (Å²) in [5, 5.41) is 13.4. The molecule has 2 N–H and O–H groups in total. The highest BCUT2D eigenvalue weighted by Crippen LogP contribution is 2.29. The molecule has 0 spiro atoms. The number of carbonyl (C=O) groups excluding carboxylic acids is 1. The maximum Gasteiger partial charge on any atom is 0.258 e. The summed E-state index contributed by atoms with van der Waals surface area (Å²) in [5.74, 6) is 0.447. The zero-order valence-electron chi connectivity index (χ0n) is 13.2. The summed E-state index contributed by atoms with van der Waals surface area (Å²) < 4.78 is 5.46. The number of benzene rings is 2. The molecule has 4 nitrogen and oxygen atoms in total. The fraction of sp³-hybridized carbons (Fsp3) is 0.316. The average molecular weight is 311 g/mol. The van der Waals surface area contributed by atoms with Crippen LogP contribution < -0.4 is 10.1 Å². The van der Waals surface area contributed by atoms with Crippen LogP contribution in [-0.4, -0.2) is 29.8 Å². The normalized spacial score (nSPS) is 15.0. The summed E-state index contributed by atoms with van der Waals surface area (Å²) in [5.41, 5.74) is 2.49. The van der Waals surface area contributed by atoms with Crippen molar-refractivity contribution in [1.82, 2.24) is 5.32 Å². The van der Waals surface area contributed by atoms with E-state index >= 15 is 0 Å². The predicted molar refractivity (Wildman–Crippen MR) is 88.5 cm³/mol. The molecule has 120 valence electrons. The summed E-state index contributed by atoms with van der Waals surface area (Å²) >= 11 is 0. The number of aliphatic hydroxyl groups is 1. The first-order chi connectivity index (χ1) is 11.0. The Kier molecular flexibility index (Phi) is 4.35. The average Bonchev–Trinajstić information content (AvgIpc) is 2.88. The molecule has 0 heterocycles. The molecule has 1 aliphatic carbocycles. The highest BCUT2D eigenvalue weighted by Gasteiger charge is 2.35. The van der Waals surface area contributed by atoms with Gasteiger partial charge >= 0.3 is 0 Å². The Bertz CT molecular complexity index is 686. The first-order valence-corrected chi connectivity index (χ1v) is 7.79. The Morgan fingerprint density at radius 3 is 2.52 bits per heavy atom. The highest BCUT2D eigenvalue weighted by molar-refractivity contribution is 5.77. The van der Waals surface area contributed by atoms with E-state index in [0.29, 0.717) is 18.6 Å². The molecule has 1 amide bonds. The molecule has 23 heavy (non-hydrogen) atoms. The van der Waals surface area contributed by atoms with Crippen molar-refractivity contribution in [2.75, 3.05) is 13.2 Å². The highest BCUT2D eigenvalue weighted by atomic mass is 16.5. The molecule has 0 saturated carbocycles. The quantitative estimate of drug-likeness (QED) is 0.888. The van der Waals surface area contributed by atoms with Crippen LogP contribution >= 0.6 is 0 Å². The van der Waals surface area contributed by atoms with Gasteiger partial charge in [-0.3, -0.25) is 4.79 Å². The lowest BCUT2D eigenvalue weighted by molar-refractivity contribution is -0.124. The molecular formula is C19H21NO3. The van der Waals surface area contributed by atoms with Crippen LogP contribution in [0.1, 0.15) is 16.7 Å². The Morgan fingerprint density at radius 1 is 1.17 bits per heavy atom. The second-order valence-electron chi connectivity index (χ2n) is 6.23. The first kappa shape index (κ1) is 15.6. The van der Waals surface area contributed by atoms with Gasteiger partial charge in [-0.1, -0.05) is 36.4 Å². The molecule has 2 aromatic rings. The van der Waals surface area contributed by atoms with E-state index < -0.39 is 5.60 Å². The molecule has 0 aliphatic heterocycles. The van der Waals surface area contributed by atoms with Gasteiger partial charge in [-0.15, -0.1) is 0 Å². The molecule has 0 radical (unpaired) electrons. The van der Waals surface area contributed by atoms with E-state index in [1.165, 1.54) is 0 Å². The molecule has 0 saturated heterocycles. The molecule has 1 aliphatic rings. The van der Waals surface area contributed by atoms with Gasteiger partial charge < -0.3 is 15.2 Å². The van der Waals surface area contributed by atoms with Crippen LogP contribution in [0, 0.1) is 6.92 Å². The van der Waals surface area contributed by atoms with Crippen LogP contribution in [0.25, 0.3) is 0 Å². The van der Waals surface area contributed by atoms with E-state index in [0.717, 1.165) is 16.7 Å². The van der Waals surface area contributed by atoms with E-state index in [1.807, 2.05) is 55.5 Å². The molecule has 0 fully saturated rings. The zero-order valence-corrected chi connectivity index (χ0v) is 13.2. The minimum atomic E-state index is -0.900. The van der Waals surface area contributed by atoms with Gasteiger partial charge in [0.15, 0.2) is 6.61 Å². The summed E-state index contributed by atoms with van der Waals surface area (Å²) in [7, 11) is 0. The second kappa shape index (κ2) is 6.42. The Hall–Kier alpha value is -2.33. The van der Waals surface area contributed by atoms with Crippen molar-refractivity contribution in [1.29, 1.82) is 0 Å². The minimum Gasteiger partial charge on any atom is -0.484 e. The van der Waals surface area contributed by atoms with Gasteiger partial charge in [-0.2, -0.15) is 0 Å². The number of hydrogen-bond donors (Lipinski definition) is 2. The molecule has 0 atom stereocenters. The summed E-state index contributed by atoms with van der Waals surface area (Å²) in [4.78, 5) is 11.9. The van der Waals surface area contributed by atoms with Gasteiger partial charge in [0.25, 0.3) is 5.91 Å². The van der Waals surface area contributed by atoms with Crippen molar-refractivity contribution >= 4 is 5.91 Å². The van der Waals surface area contributed by atoms with Crippen molar-refractivity contribution < 1.29 is 14.6 Å². The fourth-order valence-electron chi connectivity index (χ4n) is 2.97. The number of carbonyl (C=O) groups is 1. The number of ether oxygens (including phenoxy) is 1. The topological polar surface area (TPSA) is 58.6 Å². The Balaban J connectivity index is 1.48. The van der Waals surface area contributed by atoms with E-state index in [4.69, 9.17) is 4.74 Å². The van der Waals surface area contributed by atoms with E-state index in [9.17, 15) is 9.90 Å². The third-order valence-corrected chi connectivity index (χ3v) is 4.13. The van der Waals surface area contributed by atoms with E-state index in [2.05, 4.69) is 5.32 Å². The van der Waals surface area contributed by atoms with Crippen molar-refractivity contribution in [2.45, 2.75) is 25.4 Å². The van der Waals surface area contributed by atoms with Crippen LogP contribution in [-0.2, 0) is 17.6 Å². The summed E-state index contributed by atoms with van der Waals surface area (Å²) in [6, 6.07) is 15.6. The summed E-state index contributed by atoms with van der Waals surface area (Å²) in [6.45, 7) is 2.16. The molecule has 0 unspecified atom stereocenters. The van der Waals surface area contributed by atoms with Crippen molar-refractivity contribution in [3.8, 4) is 5.75 Å². The maximum absolute atomic E-state index is 11.9. The maximum atomic E-state index is 11.9. The SMILES string of the molecule is Cc1cccc(OCC(=O)NCC2(O)Cc3ccccc3C2)c1. The number of aryl methyl sites for hydroxylation is 1. The van der Waals surface area contributed by atoms with Gasteiger partial charge in [-0.05, 0) is 35.7 Å². The predicted octanol–water partition coefficient (Wildman–Crippen LogP) is 2.02. The monoisotopic (exact) mass is 311 g/mol. The standard InChI is InChI=1S/C19H21NO3/c1-14-5-4-8-17(9-14)23-12-18(21)20-13-19(22)10-15-6-2-3-7-16(15)11-19/h2-9,22H,10-13H2,1H3,(H,20,21). The molecular weight excluding hydrogens is 290 g/mol. The fourth-order valence-corrected chi connectivity index (χ4v) is 2.97. The molecule has 4 heteroatoms. The number of hydrogen-bond acceptors (Lipinski definition) is 3. The lowest BCUT2D eigenvalue weighted by Gasteiger charge is -2.22. The van der Waals surface area contributed by atoms with E-state index in [1.54, 1.807) is 0 Å². The molecule has 0 aromatic heterocycles. The third-order valence-electron chi connectivity index (χ3n) is 4.13. The van der Waals surface area contributed by atoms with Crippen LogP contribution in [0.2, 0.25) is 0 Å². The Labute approximate surface area is 136 Å². The van der Waals surface area contributed by atoms with Gasteiger partial charge in [0, 0.05) is 19.4 Å². The van der Waals surface area contributed by atoms with Gasteiger partial charge in [0.1, 0.15) is 5.75 Å². The number of rotatable bonds is 5. The molecule has 0 bridgehead atoms. The van der Waals surface area contributed by atoms with E-state index in [-0.39, 0.29) is 19.1 Å². The number of fused-ring (bicyclic) bond motifs is 1. The van der Waals surface area contributed by atoms with Gasteiger partial charge in [0.05, 0.1) is 5.60 Å². The van der Waals surface area contributed by atoms with Crippen LogP contribution in [0.15, 0.2) is 48.5 Å². The second-order valence-corrected chi connectivity index (χ2v) is 6.23. The van der Waals surface area contributed by atoms with Crippen LogP contribution in [0.5, 0.6) is 5.75 Å². The van der Waals surface area contributed by atoms with Gasteiger partial charge in [0.2, 0.25) is 0 Å². The third kappa shape index (κ3) is 3.90. The zero-order chi connectivity index (χ0) is 16.3. The van der Waals surface area contributed by atoms with Crippen molar-refractivity contribution in [2.24, 2.45) is 0 Å². The smallest absolute Gasteiger partial charge is 0.258 e. The summed E-state index contributed by atoms with van der Waals surface area (Å²) in [6.07, 6.45) is 1.14. The van der Waals surface area contributed by atoms with Crippen LogP contribution in [0.4, 0.5) is 0 Å². The Morgan fingerprint density at radius 2 is 1.87 bits per heavy atom. The molecule has 2 aromatic carbocycles. The van der Waals surface area contributed by atoms with Crippen molar-refractivity contribution in [3.05, 3.63) is 65.2 Å². The number of nitrogens with one attached hydrogen (secondary N) is 1. The lowest BCUT2D eigenvalue weighted by atomic mass is 10.0. The van der Waals surface area contributed by atoms with Crippen LogP contribution in [0.3, 0.4) is 0 Å². The number of amides is 1.